The van der Waals surface area contributed by atoms with Gasteiger partial charge in [0.25, 0.3) is 10.0 Å². The summed E-state index contributed by atoms with van der Waals surface area (Å²) < 4.78 is 40.0. The van der Waals surface area contributed by atoms with E-state index in [0.29, 0.717) is 22.9 Å². The topological polar surface area (TPSA) is 82.5 Å². The SMILES string of the molecule is COc1ccc(NS(=O)(=O)c2cn(C)nc2C(C)(C)C)cc1OC. The maximum Gasteiger partial charge on any atom is 0.265 e. The van der Waals surface area contributed by atoms with E-state index in [1.165, 1.54) is 25.1 Å². The van der Waals surface area contributed by atoms with E-state index >= 15 is 0 Å². The fourth-order valence-corrected chi connectivity index (χ4v) is 3.73. The minimum Gasteiger partial charge on any atom is -0.493 e. The first kappa shape index (κ1) is 18.1. The van der Waals surface area contributed by atoms with Gasteiger partial charge in [0.2, 0.25) is 0 Å². The monoisotopic (exact) mass is 353 g/mol. The summed E-state index contributed by atoms with van der Waals surface area (Å²) >= 11 is 0. The zero-order chi connectivity index (χ0) is 18.1. The molecule has 0 fully saturated rings. The Labute approximate surface area is 142 Å². The first-order chi connectivity index (χ1) is 11.1. The molecule has 2 aromatic rings. The Morgan fingerprint density at radius 2 is 1.75 bits per heavy atom. The molecule has 0 aliphatic rings. The first-order valence-electron chi connectivity index (χ1n) is 7.37. The lowest BCUT2D eigenvalue weighted by molar-refractivity contribution is 0.355. The van der Waals surface area contributed by atoms with Crippen LogP contribution in [0.2, 0.25) is 0 Å². The van der Waals surface area contributed by atoms with Crippen LogP contribution in [0.3, 0.4) is 0 Å². The third-order valence-electron chi connectivity index (χ3n) is 3.43. The Morgan fingerprint density at radius 1 is 1.12 bits per heavy atom. The number of aryl methyl sites for hydroxylation is 1. The molecule has 8 heteroatoms. The Bertz CT molecular complexity index is 835. The van der Waals surface area contributed by atoms with Gasteiger partial charge in [-0.3, -0.25) is 9.40 Å². The second kappa shape index (κ2) is 6.35. The summed E-state index contributed by atoms with van der Waals surface area (Å²) in [6.45, 7) is 5.76. The number of sulfonamides is 1. The molecule has 1 heterocycles. The van der Waals surface area contributed by atoms with Gasteiger partial charge in [0.05, 0.1) is 25.6 Å². The van der Waals surface area contributed by atoms with Gasteiger partial charge in [-0.2, -0.15) is 5.10 Å². The number of benzene rings is 1. The van der Waals surface area contributed by atoms with Crippen LogP contribution in [0.25, 0.3) is 0 Å². The lowest BCUT2D eigenvalue weighted by Crippen LogP contribution is -2.20. The standard InChI is InChI=1S/C16H23N3O4S/c1-16(2,3)15-14(10-19(4)17-15)24(20,21)18-11-7-8-12(22-5)13(9-11)23-6/h7-10,18H,1-6H3. The van der Waals surface area contributed by atoms with Gasteiger partial charge in [-0.1, -0.05) is 20.8 Å². The quantitative estimate of drug-likeness (QED) is 0.893. The van der Waals surface area contributed by atoms with Gasteiger partial charge in [-0.15, -0.1) is 0 Å². The average molecular weight is 353 g/mol. The minimum atomic E-state index is -3.78. The van der Waals surface area contributed by atoms with Gasteiger partial charge < -0.3 is 9.47 Å². The highest BCUT2D eigenvalue weighted by Gasteiger charge is 2.29. The fraction of sp³-hybridized carbons (Fsp3) is 0.438. The third kappa shape index (κ3) is 3.64. The molecular formula is C16H23N3O4S. The van der Waals surface area contributed by atoms with Gasteiger partial charge in [-0.05, 0) is 12.1 Å². The van der Waals surface area contributed by atoms with Crippen molar-refractivity contribution in [2.75, 3.05) is 18.9 Å². The van der Waals surface area contributed by atoms with Gasteiger partial charge >= 0.3 is 0 Å². The summed E-state index contributed by atoms with van der Waals surface area (Å²) in [6.07, 6.45) is 1.50. The fourth-order valence-electron chi connectivity index (χ4n) is 2.29. The summed E-state index contributed by atoms with van der Waals surface area (Å²) in [4.78, 5) is 0.160. The summed E-state index contributed by atoms with van der Waals surface area (Å²) in [5.41, 5.74) is 0.498. The van der Waals surface area contributed by atoms with Crippen molar-refractivity contribution in [3.05, 3.63) is 30.1 Å². The van der Waals surface area contributed by atoms with E-state index in [1.54, 1.807) is 25.2 Å². The van der Waals surface area contributed by atoms with Crippen LogP contribution in [0.15, 0.2) is 29.3 Å². The number of hydrogen-bond acceptors (Lipinski definition) is 5. The summed E-state index contributed by atoms with van der Waals surface area (Å²) in [7, 11) is 0.934. The van der Waals surface area contributed by atoms with Crippen LogP contribution >= 0.6 is 0 Å². The number of rotatable bonds is 5. The van der Waals surface area contributed by atoms with Gasteiger partial charge in [0.15, 0.2) is 11.5 Å². The number of nitrogens with one attached hydrogen (secondary N) is 1. The lowest BCUT2D eigenvalue weighted by Gasteiger charge is -2.18. The maximum atomic E-state index is 12.8. The molecule has 1 aromatic carbocycles. The summed E-state index contributed by atoms with van der Waals surface area (Å²) in [5.74, 6) is 0.970. The van der Waals surface area contributed by atoms with Crippen molar-refractivity contribution >= 4 is 15.7 Å². The van der Waals surface area contributed by atoms with E-state index in [4.69, 9.17) is 9.47 Å². The zero-order valence-electron chi connectivity index (χ0n) is 14.7. The first-order valence-corrected chi connectivity index (χ1v) is 8.86. The molecule has 0 amide bonds. The molecule has 0 aliphatic carbocycles. The molecule has 0 unspecified atom stereocenters. The van der Waals surface area contributed by atoms with Crippen molar-refractivity contribution in [3.8, 4) is 11.5 Å². The molecule has 0 saturated heterocycles. The van der Waals surface area contributed by atoms with Gasteiger partial charge in [-0.25, -0.2) is 8.42 Å². The average Bonchev–Trinajstić information content (AvgIpc) is 2.90. The molecule has 1 aromatic heterocycles. The molecule has 0 radical (unpaired) electrons. The molecule has 1 N–H and O–H groups in total. The van der Waals surface area contributed by atoms with Crippen molar-refractivity contribution in [3.63, 3.8) is 0 Å². The highest BCUT2D eigenvalue weighted by Crippen LogP contribution is 2.32. The van der Waals surface area contributed by atoms with Crippen molar-refractivity contribution in [1.82, 2.24) is 9.78 Å². The van der Waals surface area contributed by atoms with Crippen LogP contribution in [0.4, 0.5) is 5.69 Å². The van der Waals surface area contributed by atoms with Crippen LogP contribution in [0, 0.1) is 0 Å². The molecular weight excluding hydrogens is 330 g/mol. The molecule has 0 spiro atoms. The second-order valence-electron chi connectivity index (χ2n) is 6.44. The highest BCUT2D eigenvalue weighted by molar-refractivity contribution is 7.92. The third-order valence-corrected chi connectivity index (χ3v) is 4.81. The lowest BCUT2D eigenvalue weighted by atomic mass is 9.92. The van der Waals surface area contributed by atoms with Crippen LogP contribution in [-0.4, -0.2) is 32.4 Å². The van der Waals surface area contributed by atoms with Crippen molar-refractivity contribution in [2.45, 2.75) is 31.1 Å². The predicted octanol–water partition coefficient (Wildman–Crippen LogP) is 2.54. The Kier molecular flexibility index (Phi) is 4.80. The van der Waals surface area contributed by atoms with Crippen LogP contribution in [0.1, 0.15) is 26.5 Å². The Balaban J connectivity index is 2.43. The second-order valence-corrected chi connectivity index (χ2v) is 8.09. The zero-order valence-corrected chi connectivity index (χ0v) is 15.6. The van der Waals surface area contributed by atoms with E-state index < -0.39 is 15.4 Å². The van der Waals surface area contributed by atoms with Gasteiger partial charge in [0, 0.05) is 24.7 Å². The van der Waals surface area contributed by atoms with Crippen LogP contribution < -0.4 is 14.2 Å². The summed E-state index contributed by atoms with van der Waals surface area (Å²) in [6, 6.07) is 4.83. The van der Waals surface area contributed by atoms with Crippen molar-refractivity contribution < 1.29 is 17.9 Å². The van der Waals surface area contributed by atoms with Crippen molar-refractivity contribution in [1.29, 1.82) is 0 Å². The number of ether oxygens (including phenoxy) is 2. The Morgan fingerprint density at radius 3 is 2.29 bits per heavy atom. The molecule has 0 bridgehead atoms. The molecule has 0 aliphatic heterocycles. The smallest absolute Gasteiger partial charge is 0.265 e. The van der Waals surface area contributed by atoms with Crippen molar-refractivity contribution in [2.24, 2.45) is 7.05 Å². The van der Waals surface area contributed by atoms with E-state index in [-0.39, 0.29) is 4.90 Å². The number of aromatic nitrogens is 2. The molecule has 24 heavy (non-hydrogen) atoms. The normalized spacial score (nSPS) is 12.1. The van der Waals surface area contributed by atoms with E-state index in [9.17, 15) is 8.42 Å². The largest absolute Gasteiger partial charge is 0.493 e. The van der Waals surface area contributed by atoms with E-state index in [1.807, 2.05) is 20.8 Å². The number of methoxy groups -OCH3 is 2. The predicted molar refractivity (Wildman–Crippen MR) is 92.3 cm³/mol. The number of nitrogens with zero attached hydrogens (tertiary/aromatic N) is 2. The number of hydrogen-bond donors (Lipinski definition) is 1. The highest BCUT2D eigenvalue weighted by atomic mass is 32.2. The number of anilines is 1. The molecule has 132 valence electrons. The van der Waals surface area contributed by atoms with E-state index in [0.717, 1.165) is 0 Å². The summed E-state index contributed by atoms with van der Waals surface area (Å²) in [5, 5.41) is 4.30. The van der Waals surface area contributed by atoms with Crippen LogP contribution in [0.5, 0.6) is 11.5 Å². The maximum absolute atomic E-state index is 12.8. The molecule has 2 rings (SSSR count). The van der Waals surface area contributed by atoms with Gasteiger partial charge in [0.1, 0.15) is 4.90 Å². The van der Waals surface area contributed by atoms with E-state index in [2.05, 4.69) is 9.82 Å². The molecule has 7 nitrogen and oxygen atoms in total. The molecule has 0 atom stereocenters. The van der Waals surface area contributed by atoms with Crippen LogP contribution in [-0.2, 0) is 22.5 Å². The molecule has 0 saturated carbocycles. The minimum absolute atomic E-state index is 0.160. The Hall–Kier alpha value is -2.22.